The van der Waals surface area contributed by atoms with Crippen LogP contribution in [-0.4, -0.2) is 29.3 Å². The van der Waals surface area contributed by atoms with Gasteiger partial charge in [-0.1, -0.05) is 18.2 Å². The molecule has 0 fully saturated rings. The number of hydrogen-bond acceptors (Lipinski definition) is 5. The molecule has 1 aromatic carbocycles. The molecule has 0 spiro atoms. The summed E-state index contributed by atoms with van der Waals surface area (Å²) >= 11 is 0. The summed E-state index contributed by atoms with van der Waals surface area (Å²) in [5.74, 6) is 3.38. The highest BCUT2D eigenvalue weighted by molar-refractivity contribution is 5.31. The largest absolute Gasteiger partial charge is 0.491 e. The lowest BCUT2D eigenvalue weighted by Crippen LogP contribution is -2.35. The van der Waals surface area contributed by atoms with Crippen LogP contribution in [0.1, 0.15) is 22.8 Å². The van der Waals surface area contributed by atoms with E-state index in [9.17, 15) is 5.11 Å². The SMILES string of the molecule is Cc1ccc(CN(Cc2ccco2)CC(O)COc2ccccc2C)o1. The van der Waals surface area contributed by atoms with Crippen LogP contribution >= 0.6 is 0 Å². The fraction of sp³-hybridized carbons (Fsp3) is 0.333. The highest BCUT2D eigenvalue weighted by Crippen LogP contribution is 2.17. The topological polar surface area (TPSA) is 59.0 Å². The predicted octanol–water partition coefficient (Wildman–Crippen LogP) is 3.93. The van der Waals surface area contributed by atoms with Crippen molar-refractivity contribution in [3.05, 3.63) is 77.6 Å². The number of aryl methyl sites for hydroxylation is 2. The molecular formula is C21H25NO4. The molecular weight excluding hydrogens is 330 g/mol. The maximum atomic E-state index is 10.5. The summed E-state index contributed by atoms with van der Waals surface area (Å²) in [7, 11) is 0. The Morgan fingerprint density at radius 1 is 1.00 bits per heavy atom. The van der Waals surface area contributed by atoms with Crippen molar-refractivity contribution in [2.45, 2.75) is 33.0 Å². The van der Waals surface area contributed by atoms with Crippen LogP contribution in [0.3, 0.4) is 0 Å². The molecule has 1 N–H and O–H groups in total. The minimum absolute atomic E-state index is 0.233. The molecule has 0 aliphatic rings. The Hall–Kier alpha value is -2.50. The molecule has 0 bridgehead atoms. The van der Waals surface area contributed by atoms with Crippen LogP contribution in [0.25, 0.3) is 0 Å². The van der Waals surface area contributed by atoms with Crippen molar-refractivity contribution in [3.63, 3.8) is 0 Å². The minimum Gasteiger partial charge on any atom is -0.491 e. The van der Waals surface area contributed by atoms with E-state index in [2.05, 4.69) is 4.90 Å². The predicted molar refractivity (Wildman–Crippen MR) is 98.9 cm³/mol. The Morgan fingerprint density at radius 3 is 2.50 bits per heavy atom. The zero-order chi connectivity index (χ0) is 18.4. The van der Waals surface area contributed by atoms with Gasteiger partial charge in [0.05, 0.1) is 19.4 Å². The van der Waals surface area contributed by atoms with Gasteiger partial charge in [0.25, 0.3) is 0 Å². The first-order valence-corrected chi connectivity index (χ1v) is 8.76. The van der Waals surface area contributed by atoms with Gasteiger partial charge in [0.2, 0.25) is 0 Å². The number of benzene rings is 1. The third kappa shape index (κ3) is 5.25. The first kappa shape index (κ1) is 18.3. The molecule has 0 radical (unpaired) electrons. The summed E-state index contributed by atoms with van der Waals surface area (Å²) in [5, 5.41) is 10.5. The molecule has 26 heavy (non-hydrogen) atoms. The first-order chi connectivity index (χ1) is 12.6. The van der Waals surface area contributed by atoms with Crippen LogP contribution in [0.15, 0.2) is 63.6 Å². The van der Waals surface area contributed by atoms with Gasteiger partial charge in [0.1, 0.15) is 35.7 Å². The van der Waals surface area contributed by atoms with Crippen LogP contribution in [0.2, 0.25) is 0 Å². The summed E-state index contributed by atoms with van der Waals surface area (Å²) in [6, 6.07) is 15.5. The van der Waals surface area contributed by atoms with E-state index in [1.165, 1.54) is 0 Å². The van der Waals surface area contributed by atoms with Gasteiger partial charge in [-0.3, -0.25) is 4.90 Å². The fourth-order valence-corrected chi connectivity index (χ4v) is 2.85. The van der Waals surface area contributed by atoms with E-state index < -0.39 is 6.10 Å². The molecule has 1 unspecified atom stereocenters. The van der Waals surface area contributed by atoms with Gasteiger partial charge < -0.3 is 18.7 Å². The molecule has 1 atom stereocenters. The van der Waals surface area contributed by atoms with Crippen LogP contribution in [0, 0.1) is 13.8 Å². The molecule has 5 heteroatoms. The number of aliphatic hydroxyl groups excluding tert-OH is 1. The highest BCUT2D eigenvalue weighted by atomic mass is 16.5. The summed E-state index contributed by atoms with van der Waals surface area (Å²) in [4.78, 5) is 2.09. The smallest absolute Gasteiger partial charge is 0.122 e. The molecule has 0 saturated heterocycles. The number of furan rings is 2. The van der Waals surface area contributed by atoms with E-state index in [-0.39, 0.29) is 6.61 Å². The van der Waals surface area contributed by atoms with Crippen LogP contribution in [0.4, 0.5) is 0 Å². The van der Waals surface area contributed by atoms with Crippen molar-refractivity contribution in [1.29, 1.82) is 0 Å². The van der Waals surface area contributed by atoms with E-state index >= 15 is 0 Å². The Bertz CT molecular complexity index is 794. The maximum absolute atomic E-state index is 10.5. The number of aliphatic hydroxyl groups is 1. The van der Waals surface area contributed by atoms with Crippen molar-refractivity contribution < 1.29 is 18.7 Å². The lowest BCUT2D eigenvalue weighted by Gasteiger charge is -2.23. The van der Waals surface area contributed by atoms with E-state index in [0.29, 0.717) is 19.6 Å². The summed E-state index contributed by atoms with van der Waals surface area (Å²) in [6.45, 7) is 5.78. The standard InChI is InChI=1S/C21H25NO4/c1-16-6-3-4-8-21(16)25-15-18(23)12-22(13-19-7-5-11-24-19)14-20-10-9-17(2)26-20/h3-11,18,23H,12-15H2,1-2H3. The van der Waals surface area contributed by atoms with Gasteiger partial charge >= 0.3 is 0 Å². The lowest BCUT2D eigenvalue weighted by molar-refractivity contribution is 0.0577. The van der Waals surface area contributed by atoms with Crippen molar-refractivity contribution in [2.75, 3.05) is 13.2 Å². The average molecular weight is 355 g/mol. The summed E-state index contributed by atoms with van der Waals surface area (Å²) < 4.78 is 16.9. The van der Waals surface area contributed by atoms with E-state index in [4.69, 9.17) is 13.6 Å². The zero-order valence-electron chi connectivity index (χ0n) is 15.2. The van der Waals surface area contributed by atoms with Gasteiger partial charge in [-0.05, 0) is 49.7 Å². The monoisotopic (exact) mass is 355 g/mol. The maximum Gasteiger partial charge on any atom is 0.122 e. The Morgan fingerprint density at radius 2 is 1.81 bits per heavy atom. The lowest BCUT2D eigenvalue weighted by atomic mass is 10.2. The molecule has 0 aliphatic carbocycles. The number of hydrogen-bond donors (Lipinski definition) is 1. The number of nitrogens with zero attached hydrogens (tertiary/aromatic N) is 1. The second kappa shape index (κ2) is 8.74. The van der Waals surface area contributed by atoms with Crippen molar-refractivity contribution >= 4 is 0 Å². The third-order valence-corrected chi connectivity index (χ3v) is 4.13. The molecule has 0 aliphatic heterocycles. The molecule has 5 nitrogen and oxygen atoms in total. The summed E-state index contributed by atoms with van der Waals surface area (Å²) in [5.41, 5.74) is 1.05. The van der Waals surface area contributed by atoms with Crippen molar-refractivity contribution in [1.82, 2.24) is 4.90 Å². The molecule has 3 aromatic rings. The number of rotatable bonds is 9. The van der Waals surface area contributed by atoms with Gasteiger partial charge in [0, 0.05) is 6.54 Å². The fourth-order valence-electron chi connectivity index (χ4n) is 2.85. The van der Waals surface area contributed by atoms with Gasteiger partial charge in [-0.2, -0.15) is 0 Å². The molecule has 138 valence electrons. The molecule has 2 heterocycles. The Balaban J connectivity index is 1.59. The van der Waals surface area contributed by atoms with Crippen molar-refractivity contribution in [2.24, 2.45) is 0 Å². The first-order valence-electron chi connectivity index (χ1n) is 8.76. The van der Waals surface area contributed by atoms with Crippen molar-refractivity contribution in [3.8, 4) is 5.75 Å². The highest BCUT2D eigenvalue weighted by Gasteiger charge is 2.16. The molecule has 0 amide bonds. The van der Waals surface area contributed by atoms with Crippen LogP contribution in [-0.2, 0) is 13.1 Å². The average Bonchev–Trinajstić information content (AvgIpc) is 3.26. The molecule has 3 rings (SSSR count). The van der Waals surface area contributed by atoms with Gasteiger partial charge in [-0.15, -0.1) is 0 Å². The van der Waals surface area contributed by atoms with Crippen LogP contribution in [0.5, 0.6) is 5.75 Å². The molecule has 2 aromatic heterocycles. The number of ether oxygens (including phenoxy) is 1. The zero-order valence-corrected chi connectivity index (χ0v) is 15.2. The van der Waals surface area contributed by atoms with E-state index in [0.717, 1.165) is 28.6 Å². The Kier molecular flexibility index (Phi) is 6.15. The second-order valence-electron chi connectivity index (χ2n) is 6.49. The van der Waals surface area contributed by atoms with Crippen LogP contribution < -0.4 is 4.74 Å². The minimum atomic E-state index is -0.624. The van der Waals surface area contributed by atoms with Gasteiger partial charge in [-0.25, -0.2) is 0 Å². The Labute approximate surface area is 153 Å². The van der Waals surface area contributed by atoms with E-state index in [1.807, 2.05) is 62.4 Å². The third-order valence-electron chi connectivity index (χ3n) is 4.13. The molecule has 0 saturated carbocycles. The van der Waals surface area contributed by atoms with E-state index in [1.54, 1.807) is 6.26 Å². The van der Waals surface area contributed by atoms with Gasteiger partial charge in [0.15, 0.2) is 0 Å². The normalized spacial score (nSPS) is 12.5. The quantitative estimate of drug-likeness (QED) is 0.630. The second-order valence-corrected chi connectivity index (χ2v) is 6.49. The summed E-state index contributed by atoms with van der Waals surface area (Å²) in [6.07, 6.45) is 1.03. The number of para-hydroxylation sites is 1.